The van der Waals surface area contributed by atoms with Crippen LogP contribution in [0.1, 0.15) is 36.5 Å². The molecule has 6 atom stereocenters. The molecule has 2 saturated heterocycles. The van der Waals surface area contributed by atoms with Crippen LogP contribution in [0.3, 0.4) is 0 Å². The van der Waals surface area contributed by atoms with Crippen molar-refractivity contribution >= 4 is 0 Å². The molecule has 2 aliphatic heterocycles. The van der Waals surface area contributed by atoms with Crippen molar-refractivity contribution in [2.24, 2.45) is 0 Å². The van der Waals surface area contributed by atoms with Gasteiger partial charge < -0.3 is 29.5 Å². The summed E-state index contributed by atoms with van der Waals surface area (Å²) < 4.78 is 17.1. The summed E-state index contributed by atoms with van der Waals surface area (Å²) in [6, 6.07) is 3.64. The molecule has 7 nitrogen and oxygen atoms in total. The molecule has 26 heavy (non-hydrogen) atoms. The molecule has 1 aromatic carbocycles. The molecule has 2 bridgehead atoms. The number of hydrogen-bond donors (Lipinski definition) is 3. The minimum absolute atomic E-state index is 0.0882. The van der Waals surface area contributed by atoms with Crippen molar-refractivity contribution in [2.45, 2.75) is 54.3 Å². The third-order valence-corrected chi connectivity index (χ3v) is 7.48. The van der Waals surface area contributed by atoms with E-state index in [-0.39, 0.29) is 11.9 Å². The Labute approximate surface area is 152 Å². The van der Waals surface area contributed by atoms with Gasteiger partial charge in [-0.25, -0.2) is 0 Å². The molecule has 5 rings (SSSR count). The van der Waals surface area contributed by atoms with Crippen molar-refractivity contribution < 1.29 is 29.5 Å². The van der Waals surface area contributed by atoms with Gasteiger partial charge in [-0.3, -0.25) is 4.90 Å². The smallest absolute Gasteiger partial charge is 0.215 e. The zero-order valence-electron chi connectivity index (χ0n) is 15.2. The number of fused-ring (bicyclic) bond motifs is 3. The number of ether oxygens (including phenoxy) is 3. The van der Waals surface area contributed by atoms with Crippen LogP contribution >= 0.6 is 0 Å². The Morgan fingerprint density at radius 1 is 1.27 bits per heavy atom. The molecule has 0 amide bonds. The fourth-order valence-corrected chi connectivity index (χ4v) is 6.61. The van der Waals surface area contributed by atoms with E-state index < -0.39 is 28.9 Å². The van der Waals surface area contributed by atoms with Gasteiger partial charge in [0.2, 0.25) is 5.79 Å². The van der Waals surface area contributed by atoms with Gasteiger partial charge in [0, 0.05) is 24.5 Å². The Kier molecular flexibility index (Phi) is 3.17. The number of hydrogen-bond acceptors (Lipinski definition) is 7. The molecular weight excluding hydrogens is 338 g/mol. The highest BCUT2D eigenvalue weighted by Crippen LogP contribution is 2.72. The van der Waals surface area contributed by atoms with Gasteiger partial charge in [0.15, 0.2) is 11.5 Å². The number of benzene rings is 1. The molecular formula is C19H25NO6. The van der Waals surface area contributed by atoms with Gasteiger partial charge in [0.25, 0.3) is 0 Å². The van der Waals surface area contributed by atoms with Gasteiger partial charge in [-0.05, 0) is 38.1 Å². The summed E-state index contributed by atoms with van der Waals surface area (Å²) in [4.78, 5) is 2.13. The van der Waals surface area contributed by atoms with Crippen molar-refractivity contribution in [3.05, 3.63) is 23.3 Å². The summed E-state index contributed by atoms with van der Waals surface area (Å²) in [5.41, 5.74) is 0.226. The standard InChI is InChI=1S/C19H25NO6/c1-20-7-6-17-8-11(21)16(25-3)19(23)18(17,20)9-13(26-19)10-4-5-12(24-2)15(22)14(10)17/h4-5,11,13,16,21-23H,6-9H2,1-3H3/t11?,13-,16+,17?,18?,19+/m1/s1. The van der Waals surface area contributed by atoms with Crippen LogP contribution < -0.4 is 4.74 Å². The zero-order chi connectivity index (χ0) is 18.5. The summed E-state index contributed by atoms with van der Waals surface area (Å²) in [7, 11) is 4.99. The second kappa shape index (κ2) is 4.91. The van der Waals surface area contributed by atoms with E-state index in [1.165, 1.54) is 14.2 Å². The number of rotatable bonds is 2. The number of phenolic OH excluding ortho intramolecular Hbond substituents is 1. The molecule has 1 saturated carbocycles. The van der Waals surface area contributed by atoms with Crippen molar-refractivity contribution in [2.75, 3.05) is 27.8 Å². The fraction of sp³-hybridized carbons (Fsp3) is 0.684. The monoisotopic (exact) mass is 363 g/mol. The molecule has 2 heterocycles. The van der Waals surface area contributed by atoms with Gasteiger partial charge in [0.1, 0.15) is 6.10 Å². The number of likely N-dealkylation sites (N-methyl/N-ethyl adjacent to an activating group) is 1. The lowest BCUT2D eigenvalue weighted by Crippen LogP contribution is -2.77. The predicted octanol–water partition coefficient (Wildman–Crippen LogP) is 0.656. The van der Waals surface area contributed by atoms with Crippen molar-refractivity contribution in [3.8, 4) is 11.5 Å². The number of aliphatic hydroxyl groups excluding tert-OH is 1. The molecule has 0 aromatic heterocycles. The van der Waals surface area contributed by atoms with Crippen LogP contribution in [0, 0.1) is 0 Å². The van der Waals surface area contributed by atoms with Crippen LogP contribution in [-0.4, -0.2) is 71.6 Å². The Morgan fingerprint density at radius 2 is 2.04 bits per heavy atom. The molecule has 3 unspecified atom stereocenters. The van der Waals surface area contributed by atoms with Gasteiger partial charge in [-0.15, -0.1) is 0 Å². The third-order valence-electron chi connectivity index (χ3n) is 7.48. The first-order valence-electron chi connectivity index (χ1n) is 9.09. The van der Waals surface area contributed by atoms with Crippen molar-refractivity contribution in [3.63, 3.8) is 0 Å². The maximum atomic E-state index is 11.8. The summed E-state index contributed by atoms with van der Waals surface area (Å²) in [6.07, 6.45) is -0.418. The highest BCUT2D eigenvalue weighted by Gasteiger charge is 2.81. The normalized spacial score (nSPS) is 46.1. The van der Waals surface area contributed by atoms with Crippen LogP contribution in [0.25, 0.3) is 0 Å². The van der Waals surface area contributed by atoms with E-state index in [0.717, 1.165) is 17.7 Å². The van der Waals surface area contributed by atoms with E-state index in [4.69, 9.17) is 14.2 Å². The van der Waals surface area contributed by atoms with Gasteiger partial charge in [-0.2, -0.15) is 0 Å². The zero-order valence-corrected chi connectivity index (χ0v) is 15.2. The third kappa shape index (κ3) is 1.48. The molecule has 142 valence electrons. The molecule has 3 N–H and O–H groups in total. The minimum Gasteiger partial charge on any atom is -0.504 e. The molecule has 1 spiro atoms. The van der Waals surface area contributed by atoms with E-state index in [2.05, 4.69) is 4.90 Å². The highest BCUT2D eigenvalue weighted by atomic mass is 16.7. The minimum atomic E-state index is -1.66. The number of likely N-dealkylation sites (tertiary alicyclic amines) is 1. The molecule has 1 aromatic rings. The van der Waals surface area contributed by atoms with E-state index in [9.17, 15) is 15.3 Å². The number of aliphatic hydroxyl groups is 2. The fourth-order valence-electron chi connectivity index (χ4n) is 6.61. The lowest BCUT2D eigenvalue weighted by atomic mass is 9.50. The second-order valence-corrected chi connectivity index (χ2v) is 8.13. The Balaban J connectivity index is 1.86. The quantitative estimate of drug-likeness (QED) is 0.711. The van der Waals surface area contributed by atoms with Gasteiger partial charge in [-0.1, -0.05) is 6.07 Å². The number of nitrogens with zero attached hydrogens (tertiary/aromatic N) is 1. The highest BCUT2D eigenvalue weighted by molar-refractivity contribution is 5.60. The number of phenols is 1. The largest absolute Gasteiger partial charge is 0.504 e. The van der Waals surface area contributed by atoms with Crippen LogP contribution in [0.5, 0.6) is 11.5 Å². The summed E-state index contributed by atoms with van der Waals surface area (Å²) in [6.45, 7) is 0.734. The lowest BCUT2D eigenvalue weighted by molar-refractivity contribution is -0.328. The van der Waals surface area contributed by atoms with Crippen LogP contribution in [0.2, 0.25) is 0 Å². The summed E-state index contributed by atoms with van der Waals surface area (Å²) in [5.74, 6) is -1.17. The van der Waals surface area contributed by atoms with E-state index in [1.54, 1.807) is 6.07 Å². The first-order chi connectivity index (χ1) is 12.4. The van der Waals surface area contributed by atoms with Crippen LogP contribution in [0.4, 0.5) is 0 Å². The molecule has 3 fully saturated rings. The number of methoxy groups -OCH3 is 2. The van der Waals surface area contributed by atoms with Crippen LogP contribution in [0.15, 0.2) is 12.1 Å². The SMILES string of the molecule is COc1ccc2c(c1O)C13CCN(C)C14C[C@H]2O[C@@]4(O)[C@@H](OC)C(O)C3. The van der Waals surface area contributed by atoms with E-state index in [0.29, 0.717) is 25.0 Å². The molecule has 7 heteroatoms. The van der Waals surface area contributed by atoms with Crippen molar-refractivity contribution in [1.82, 2.24) is 4.90 Å². The average Bonchev–Trinajstić information content (AvgIpc) is 3.07. The number of aromatic hydroxyl groups is 1. The molecule has 4 aliphatic rings. The van der Waals surface area contributed by atoms with Crippen molar-refractivity contribution in [1.29, 1.82) is 0 Å². The Morgan fingerprint density at radius 3 is 2.73 bits per heavy atom. The van der Waals surface area contributed by atoms with Gasteiger partial charge in [0.05, 0.1) is 24.9 Å². The van der Waals surface area contributed by atoms with Crippen LogP contribution in [-0.2, 0) is 14.9 Å². The lowest BCUT2D eigenvalue weighted by Gasteiger charge is -2.60. The summed E-state index contributed by atoms with van der Waals surface area (Å²) >= 11 is 0. The Hall–Kier alpha value is -1.38. The van der Waals surface area contributed by atoms with Gasteiger partial charge >= 0.3 is 0 Å². The predicted molar refractivity (Wildman–Crippen MR) is 91.1 cm³/mol. The molecule has 0 radical (unpaired) electrons. The first-order valence-corrected chi connectivity index (χ1v) is 9.09. The Bertz CT molecular complexity index is 786. The summed E-state index contributed by atoms with van der Waals surface area (Å²) in [5, 5.41) is 33.7. The first kappa shape index (κ1) is 16.8. The van der Waals surface area contributed by atoms with E-state index in [1.807, 2.05) is 13.1 Å². The molecule has 2 aliphatic carbocycles. The van der Waals surface area contributed by atoms with E-state index >= 15 is 0 Å². The average molecular weight is 363 g/mol. The second-order valence-electron chi connectivity index (χ2n) is 8.13. The maximum Gasteiger partial charge on any atom is 0.215 e. The topological polar surface area (TPSA) is 91.6 Å². The maximum absolute atomic E-state index is 11.8.